The van der Waals surface area contributed by atoms with E-state index in [9.17, 15) is 24.6 Å². The number of carbonyl (C=O) groups is 3. The third-order valence-electron chi connectivity index (χ3n) is 7.34. The summed E-state index contributed by atoms with van der Waals surface area (Å²) in [7, 11) is 0. The number of aromatic hydroxyl groups is 2. The minimum atomic E-state index is -1.03. The van der Waals surface area contributed by atoms with Gasteiger partial charge in [-0.3, -0.25) is 14.4 Å². The van der Waals surface area contributed by atoms with Crippen molar-refractivity contribution in [3.8, 4) is 22.6 Å². The fourth-order valence-corrected chi connectivity index (χ4v) is 5.04. The topological polar surface area (TPSA) is 192 Å². The minimum absolute atomic E-state index is 0.00349. The number of benzene rings is 2. The van der Waals surface area contributed by atoms with E-state index in [1.54, 1.807) is 24.3 Å². The molecule has 11 nitrogen and oxygen atoms in total. The maximum absolute atomic E-state index is 13.4. The highest BCUT2D eigenvalue weighted by Gasteiger charge is 2.30. The van der Waals surface area contributed by atoms with Crippen molar-refractivity contribution in [1.82, 2.24) is 21.3 Å². The zero-order valence-electron chi connectivity index (χ0n) is 21.9. The molecule has 2 unspecified atom stereocenters. The number of amides is 3. The minimum Gasteiger partial charge on any atom is -0.508 e. The van der Waals surface area contributed by atoms with Gasteiger partial charge in [0.05, 0.1) is 6.04 Å². The molecule has 0 aliphatic carbocycles. The van der Waals surface area contributed by atoms with Crippen molar-refractivity contribution in [3.05, 3.63) is 47.5 Å². The first kappa shape index (κ1) is 28.3. The van der Waals surface area contributed by atoms with Crippen LogP contribution in [0.4, 0.5) is 0 Å². The number of hydrogen-bond donors (Lipinski definition) is 8. The summed E-state index contributed by atoms with van der Waals surface area (Å²) in [5, 5.41) is 32.8. The number of phenolic OH excluding ortho intramolecular Hbond substituents is 2. The van der Waals surface area contributed by atoms with Crippen LogP contribution in [0.15, 0.2) is 36.4 Å². The van der Waals surface area contributed by atoms with Gasteiger partial charge in [0.15, 0.2) is 0 Å². The molecule has 0 spiro atoms. The molecule has 0 radical (unpaired) electrons. The number of rotatable bonds is 6. The quantitative estimate of drug-likeness (QED) is 0.247. The molecule has 2 aromatic rings. The van der Waals surface area contributed by atoms with Crippen LogP contribution in [0.5, 0.6) is 11.5 Å². The second kappa shape index (κ2) is 12.9. The third kappa shape index (κ3) is 7.25. The normalized spacial score (nSPS) is 23.7. The summed E-state index contributed by atoms with van der Waals surface area (Å²) >= 11 is 0. The monoisotopic (exact) mass is 538 g/mol. The van der Waals surface area contributed by atoms with Gasteiger partial charge >= 0.3 is 0 Å². The first-order valence-electron chi connectivity index (χ1n) is 13.5. The van der Waals surface area contributed by atoms with Crippen LogP contribution >= 0.6 is 0 Å². The van der Waals surface area contributed by atoms with E-state index in [1.165, 1.54) is 12.1 Å². The Kier molecular flexibility index (Phi) is 9.39. The molecule has 3 amide bonds. The Morgan fingerprint density at radius 1 is 0.974 bits per heavy atom. The maximum Gasteiger partial charge on any atom is 0.243 e. The number of nitrogens with two attached hydrogens (primary N) is 2. The van der Waals surface area contributed by atoms with Gasteiger partial charge in [-0.2, -0.15) is 0 Å². The summed E-state index contributed by atoms with van der Waals surface area (Å²) in [5.41, 5.74) is 14.3. The molecule has 0 aromatic heterocycles. The Balaban J connectivity index is 1.70. The standard InChI is InChI=1S/C28H38N6O5/c29-9-1-4-22-28(39)34-23(27(38)32-15-20-3-2-10-31-20)14-19-12-17(6-8-25(19)36)16-5-7-24(35)18(11-16)13-21(30)26(37)33-22/h5-8,11-12,20-23,31,35-36H,1-4,9-10,13-15,29-30H2,(H,32,38)(H,33,37)(H,34,39)/t20?,21?,22-,23-/m0/s1. The van der Waals surface area contributed by atoms with Gasteiger partial charge in [0, 0.05) is 25.4 Å². The van der Waals surface area contributed by atoms with E-state index in [0.29, 0.717) is 30.6 Å². The number of phenols is 2. The van der Waals surface area contributed by atoms with Crippen LogP contribution in [0.3, 0.4) is 0 Å². The van der Waals surface area contributed by atoms with Crippen molar-refractivity contribution < 1.29 is 24.6 Å². The summed E-state index contributed by atoms with van der Waals surface area (Å²) < 4.78 is 0. The van der Waals surface area contributed by atoms with Gasteiger partial charge in [0.25, 0.3) is 0 Å². The molecule has 4 rings (SSSR count). The summed E-state index contributed by atoms with van der Waals surface area (Å²) in [4.78, 5) is 39.7. The lowest BCUT2D eigenvalue weighted by molar-refractivity contribution is -0.132. The molecular weight excluding hydrogens is 500 g/mol. The molecule has 1 fully saturated rings. The molecular formula is C28H38N6O5. The van der Waals surface area contributed by atoms with Crippen LogP contribution in [-0.4, -0.2) is 71.7 Å². The second-order valence-electron chi connectivity index (χ2n) is 10.3. The first-order chi connectivity index (χ1) is 18.7. The van der Waals surface area contributed by atoms with Crippen molar-refractivity contribution in [3.63, 3.8) is 0 Å². The number of carbonyl (C=O) groups excluding carboxylic acids is 3. The van der Waals surface area contributed by atoms with Crippen molar-refractivity contribution in [2.45, 2.75) is 62.7 Å². The van der Waals surface area contributed by atoms with Gasteiger partial charge in [0.2, 0.25) is 17.7 Å². The Morgan fingerprint density at radius 3 is 2.26 bits per heavy atom. The summed E-state index contributed by atoms with van der Waals surface area (Å²) in [6.45, 7) is 1.62. The van der Waals surface area contributed by atoms with Gasteiger partial charge < -0.3 is 42.9 Å². The van der Waals surface area contributed by atoms with Crippen molar-refractivity contribution in [2.24, 2.45) is 11.5 Å². The highest BCUT2D eigenvalue weighted by atomic mass is 16.3. The van der Waals surface area contributed by atoms with E-state index >= 15 is 0 Å². The lowest BCUT2D eigenvalue weighted by Gasteiger charge is -2.25. The van der Waals surface area contributed by atoms with Crippen LogP contribution < -0.4 is 32.7 Å². The first-order valence-corrected chi connectivity index (χ1v) is 13.5. The Labute approximate surface area is 227 Å². The van der Waals surface area contributed by atoms with E-state index < -0.39 is 35.8 Å². The summed E-state index contributed by atoms with van der Waals surface area (Å²) in [6, 6.07) is 7.16. The fourth-order valence-electron chi connectivity index (χ4n) is 5.04. The second-order valence-corrected chi connectivity index (χ2v) is 10.3. The highest BCUT2D eigenvalue weighted by molar-refractivity contribution is 5.93. The van der Waals surface area contributed by atoms with Gasteiger partial charge in [-0.15, -0.1) is 0 Å². The van der Waals surface area contributed by atoms with Gasteiger partial charge in [0.1, 0.15) is 23.6 Å². The van der Waals surface area contributed by atoms with Crippen LogP contribution in [-0.2, 0) is 27.2 Å². The highest BCUT2D eigenvalue weighted by Crippen LogP contribution is 2.30. The van der Waals surface area contributed by atoms with Crippen molar-refractivity contribution in [2.75, 3.05) is 19.6 Å². The van der Waals surface area contributed by atoms with E-state index in [2.05, 4.69) is 21.3 Å². The molecule has 4 bridgehead atoms. The largest absolute Gasteiger partial charge is 0.508 e. The number of nitrogens with one attached hydrogen (secondary N) is 4. The predicted molar refractivity (Wildman–Crippen MR) is 147 cm³/mol. The zero-order chi connectivity index (χ0) is 27.9. The Bertz CT molecular complexity index is 1200. The van der Waals surface area contributed by atoms with Crippen LogP contribution in [0.25, 0.3) is 11.1 Å². The average Bonchev–Trinajstić information content (AvgIpc) is 3.44. The predicted octanol–water partition coefficient (Wildman–Crippen LogP) is -0.233. The molecule has 11 heteroatoms. The van der Waals surface area contributed by atoms with E-state index in [0.717, 1.165) is 30.5 Å². The molecule has 1 saturated heterocycles. The van der Waals surface area contributed by atoms with E-state index in [4.69, 9.17) is 11.5 Å². The summed E-state index contributed by atoms with van der Waals surface area (Å²) in [6.07, 6.45) is 2.76. The molecule has 0 saturated carbocycles. The van der Waals surface area contributed by atoms with Gasteiger partial charge in [-0.25, -0.2) is 0 Å². The molecule has 4 atom stereocenters. The summed E-state index contributed by atoms with van der Waals surface area (Å²) in [5.74, 6) is -1.51. The molecule has 2 heterocycles. The van der Waals surface area contributed by atoms with E-state index in [1.807, 2.05) is 0 Å². The molecule has 2 aliphatic rings. The van der Waals surface area contributed by atoms with Crippen molar-refractivity contribution >= 4 is 17.7 Å². The molecule has 210 valence electrons. The Hall–Kier alpha value is -3.67. The average molecular weight is 539 g/mol. The molecule has 10 N–H and O–H groups in total. The third-order valence-corrected chi connectivity index (χ3v) is 7.34. The van der Waals surface area contributed by atoms with Crippen LogP contribution in [0, 0.1) is 0 Å². The van der Waals surface area contributed by atoms with Crippen molar-refractivity contribution in [1.29, 1.82) is 0 Å². The lowest BCUT2D eigenvalue weighted by Crippen LogP contribution is -2.57. The van der Waals surface area contributed by atoms with Crippen LogP contribution in [0.2, 0.25) is 0 Å². The molecule has 2 aliphatic heterocycles. The van der Waals surface area contributed by atoms with E-state index in [-0.39, 0.29) is 36.8 Å². The Morgan fingerprint density at radius 2 is 1.64 bits per heavy atom. The molecule has 2 aromatic carbocycles. The fraction of sp³-hybridized carbons (Fsp3) is 0.464. The maximum atomic E-state index is 13.4. The smallest absolute Gasteiger partial charge is 0.243 e. The van der Waals surface area contributed by atoms with Gasteiger partial charge in [-0.1, -0.05) is 12.1 Å². The number of fused-ring (bicyclic) bond motifs is 5. The lowest BCUT2D eigenvalue weighted by atomic mass is 9.95. The molecule has 39 heavy (non-hydrogen) atoms. The number of hydrogen-bond acceptors (Lipinski definition) is 8. The van der Waals surface area contributed by atoms with Gasteiger partial charge in [-0.05, 0) is 85.3 Å². The van der Waals surface area contributed by atoms with Crippen LogP contribution in [0.1, 0.15) is 36.8 Å². The zero-order valence-corrected chi connectivity index (χ0v) is 21.9. The SMILES string of the molecule is NCCC[C@@H]1NC(=O)C(N)Cc2cc(ccc2O)-c2ccc(O)c(c2)C[C@@H](C(=O)NCC2CCCN2)NC1=O.